The van der Waals surface area contributed by atoms with Gasteiger partial charge in [0.15, 0.2) is 0 Å². The van der Waals surface area contributed by atoms with Gasteiger partial charge in [-0.05, 0) is 6.42 Å². The molecule has 0 heterocycles. The second kappa shape index (κ2) is 9.47. The highest BCUT2D eigenvalue weighted by Gasteiger charge is 2.21. The first kappa shape index (κ1) is 16.4. The number of hydrogen-bond donors (Lipinski definition) is 2. The smallest absolute Gasteiger partial charge is 0.326 e. The number of hydrogen-bond acceptors (Lipinski definition) is 3. The van der Waals surface area contributed by atoms with E-state index in [1.165, 1.54) is 4.90 Å². The highest BCUT2D eigenvalue weighted by Crippen LogP contribution is 1.99. The van der Waals surface area contributed by atoms with Crippen molar-refractivity contribution in [1.82, 2.24) is 10.2 Å². The molecule has 6 heteroatoms. The Kier molecular flexibility index (Phi) is 8.65. The van der Waals surface area contributed by atoms with E-state index in [1.54, 1.807) is 13.2 Å². The van der Waals surface area contributed by atoms with Crippen molar-refractivity contribution in [3.63, 3.8) is 0 Å². The van der Waals surface area contributed by atoms with E-state index >= 15 is 0 Å². The van der Waals surface area contributed by atoms with Crippen LogP contribution in [0.4, 0.5) is 4.79 Å². The van der Waals surface area contributed by atoms with Gasteiger partial charge in [-0.2, -0.15) is 0 Å². The molecule has 0 saturated heterocycles. The quantitative estimate of drug-likeness (QED) is 0.607. The Morgan fingerprint density at radius 3 is 2.67 bits per heavy atom. The summed E-state index contributed by atoms with van der Waals surface area (Å²) in [6.45, 7) is 6.58. The first-order valence-electron chi connectivity index (χ1n) is 5.94. The van der Waals surface area contributed by atoms with Crippen LogP contribution in [0.25, 0.3) is 0 Å². The fourth-order valence-corrected chi connectivity index (χ4v) is 1.42. The van der Waals surface area contributed by atoms with Crippen molar-refractivity contribution < 1.29 is 19.4 Å². The molecule has 0 radical (unpaired) electrons. The predicted octanol–water partition coefficient (Wildman–Crippen LogP) is 1.08. The van der Waals surface area contributed by atoms with Crippen LogP contribution >= 0.6 is 0 Å². The van der Waals surface area contributed by atoms with E-state index in [-0.39, 0.29) is 0 Å². The molecule has 0 aliphatic carbocycles. The number of carbonyl (C=O) groups is 2. The first-order valence-corrected chi connectivity index (χ1v) is 5.94. The number of aliphatic carboxylic acids is 1. The Morgan fingerprint density at radius 2 is 2.22 bits per heavy atom. The monoisotopic (exact) mass is 258 g/mol. The van der Waals surface area contributed by atoms with E-state index in [1.807, 2.05) is 6.92 Å². The van der Waals surface area contributed by atoms with Crippen LogP contribution in [0.3, 0.4) is 0 Å². The number of rotatable bonds is 9. The number of nitrogens with one attached hydrogen (secondary N) is 1. The van der Waals surface area contributed by atoms with E-state index in [2.05, 4.69) is 11.9 Å². The third kappa shape index (κ3) is 6.24. The topological polar surface area (TPSA) is 78.9 Å². The summed E-state index contributed by atoms with van der Waals surface area (Å²) in [4.78, 5) is 24.3. The lowest BCUT2D eigenvalue weighted by molar-refractivity contribution is -0.139. The lowest BCUT2D eigenvalue weighted by Gasteiger charge is -2.23. The van der Waals surface area contributed by atoms with Crippen LogP contribution in [0.5, 0.6) is 0 Å². The minimum atomic E-state index is -1.02. The van der Waals surface area contributed by atoms with E-state index in [4.69, 9.17) is 9.84 Å². The fraction of sp³-hybridized carbons (Fsp3) is 0.667. The molecule has 6 nitrogen and oxygen atoms in total. The van der Waals surface area contributed by atoms with Gasteiger partial charge in [0.2, 0.25) is 0 Å². The maximum absolute atomic E-state index is 11.9. The summed E-state index contributed by atoms with van der Waals surface area (Å²) in [5.41, 5.74) is 0. The Balaban J connectivity index is 4.44. The maximum Gasteiger partial charge on any atom is 0.326 e. The number of methoxy groups -OCH3 is 1. The molecule has 2 amide bonds. The van der Waals surface area contributed by atoms with Crippen LogP contribution in [-0.2, 0) is 9.53 Å². The Morgan fingerprint density at radius 1 is 1.56 bits per heavy atom. The zero-order chi connectivity index (χ0) is 14.0. The molecule has 0 aromatic heterocycles. The number of urea groups is 1. The van der Waals surface area contributed by atoms with Gasteiger partial charge in [0.25, 0.3) is 0 Å². The van der Waals surface area contributed by atoms with Crippen LogP contribution in [0.2, 0.25) is 0 Å². The minimum Gasteiger partial charge on any atom is -0.480 e. The van der Waals surface area contributed by atoms with E-state index in [0.29, 0.717) is 32.5 Å². The number of carboxylic acids is 1. The zero-order valence-corrected chi connectivity index (χ0v) is 11.0. The van der Waals surface area contributed by atoms with Crippen LogP contribution in [0.1, 0.15) is 19.8 Å². The molecule has 0 aliphatic rings. The average molecular weight is 258 g/mol. The summed E-state index contributed by atoms with van der Waals surface area (Å²) in [6, 6.07) is -1.26. The average Bonchev–Trinajstić information content (AvgIpc) is 2.33. The fourth-order valence-electron chi connectivity index (χ4n) is 1.42. The molecule has 0 fully saturated rings. The number of carboxylic acid groups (broad SMARTS) is 1. The van der Waals surface area contributed by atoms with Crippen LogP contribution < -0.4 is 5.32 Å². The van der Waals surface area contributed by atoms with Gasteiger partial charge in [-0.25, -0.2) is 9.59 Å². The Hall–Kier alpha value is -1.56. The van der Waals surface area contributed by atoms with Gasteiger partial charge in [-0.1, -0.05) is 19.4 Å². The summed E-state index contributed by atoms with van der Waals surface area (Å²) >= 11 is 0. The summed E-state index contributed by atoms with van der Waals surface area (Å²) < 4.78 is 4.90. The third-order valence-electron chi connectivity index (χ3n) is 2.38. The van der Waals surface area contributed by atoms with Crippen molar-refractivity contribution >= 4 is 12.0 Å². The maximum atomic E-state index is 11.9. The van der Waals surface area contributed by atoms with Crippen molar-refractivity contribution in [1.29, 1.82) is 0 Å². The highest BCUT2D eigenvalue weighted by atomic mass is 16.5. The first-order chi connectivity index (χ1) is 8.56. The van der Waals surface area contributed by atoms with Gasteiger partial charge >= 0.3 is 12.0 Å². The second-order valence-corrected chi connectivity index (χ2v) is 3.86. The van der Waals surface area contributed by atoms with Crippen LogP contribution in [0, 0.1) is 0 Å². The van der Waals surface area contributed by atoms with Gasteiger partial charge in [-0.15, -0.1) is 6.58 Å². The number of nitrogens with zero attached hydrogens (tertiary/aromatic N) is 1. The molecule has 0 spiro atoms. The van der Waals surface area contributed by atoms with Gasteiger partial charge < -0.3 is 20.1 Å². The van der Waals surface area contributed by atoms with Crippen LogP contribution in [0.15, 0.2) is 12.7 Å². The van der Waals surface area contributed by atoms with Crippen molar-refractivity contribution in [2.75, 3.05) is 26.8 Å². The molecular weight excluding hydrogens is 236 g/mol. The summed E-state index contributed by atoms with van der Waals surface area (Å²) in [6.07, 6.45) is 2.69. The Labute approximate surface area is 108 Å². The van der Waals surface area contributed by atoms with Gasteiger partial charge in [0.1, 0.15) is 6.04 Å². The molecule has 0 aliphatic heterocycles. The normalized spacial score (nSPS) is 11.7. The SMILES string of the molecule is C=CCN(CCOC)C(=O)N[C@@H](CCC)C(=O)O. The summed E-state index contributed by atoms with van der Waals surface area (Å²) in [5, 5.41) is 11.5. The molecule has 0 aromatic rings. The van der Waals surface area contributed by atoms with Crippen LogP contribution in [-0.4, -0.2) is 54.9 Å². The molecule has 1 atom stereocenters. The molecule has 0 unspecified atom stereocenters. The van der Waals surface area contributed by atoms with Crippen molar-refractivity contribution in [3.8, 4) is 0 Å². The Bertz CT molecular complexity index is 281. The van der Waals surface area contributed by atoms with Crippen molar-refractivity contribution in [3.05, 3.63) is 12.7 Å². The van der Waals surface area contributed by atoms with E-state index in [9.17, 15) is 9.59 Å². The zero-order valence-electron chi connectivity index (χ0n) is 11.0. The number of carbonyl (C=O) groups excluding carboxylic acids is 1. The molecular formula is C12H22N2O4. The lowest BCUT2D eigenvalue weighted by atomic mass is 10.2. The molecule has 18 heavy (non-hydrogen) atoms. The summed E-state index contributed by atoms with van der Waals surface area (Å²) in [5.74, 6) is -1.02. The standard InChI is InChI=1S/C12H22N2O4/c1-4-6-10(11(15)16)13-12(17)14(7-5-2)8-9-18-3/h5,10H,2,4,6-9H2,1,3H3,(H,13,17)(H,15,16)/t10-/m0/s1. The molecule has 0 rings (SSSR count). The second-order valence-electron chi connectivity index (χ2n) is 3.86. The van der Waals surface area contributed by atoms with Gasteiger partial charge in [-0.3, -0.25) is 0 Å². The van der Waals surface area contributed by atoms with Crippen molar-refractivity contribution in [2.45, 2.75) is 25.8 Å². The molecule has 0 bridgehead atoms. The number of ether oxygens (including phenoxy) is 1. The van der Waals surface area contributed by atoms with Crippen molar-refractivity contribution in [2.24, 2.45) is 0 Å². The number of amides is 2. The molecule has 0 aromatic carbocycles. The lowest BCUT2D eigenvalue weighted by Crippen LogP contribution is -2.48. The molecule has 104 valence electrons. The molecule has 0 saturated carbocycles. The largest absolute Gasteiger partial charge is 0.480 e. The summed E-state index contributed by atoms with van der Waals surface area (Å²) in [7, 11) is 1.54. The minimum absolute atomic E-state index is 0.355. The molecule has 2 N–H and O–H groups in total. The van der Waals surface area contributed by atoms with E-state index < -0.39 is 18.0 Å². The van der Waals surface area contributed by atoms with Gasteiger partial charge in [0.05, 0.1) is 6.61 Å². The van der Waals surface area contributed by atoms with E-state index in [0.717, 1.165) is 0 Å². The predicted molar refractivity (Wildman–Crippen MR) is 68.5 cm³/mol. The van der Waals surface area contributed by atoms with Gasteiger partial charge in [0, 0.05) is 20.2 Å². The highest BCUT2D eigenvalue weighted by molar-refractivity contribution is 5.82. The third-order valence-corrected chi connectivity index (χ3v) is 2.38.